The van der Waals surface area contributed by atoms with Gasteiger partial charge in [0.1, 0.15) is 11.5 Å². The molecule has 0 aromatic carbocycles. The minimum Gasteiger partial charge on any atom is -0.468 e. The van der Waals surface area contributed by atoms with Gasteiger partial charge >= 0.3 is 0 Å². The Hall–Kier alpha value is -2.12. The van der Waals surface area contributed by atoms with E-state index in [-0.39, 0.29) is 17.6 Å². The zero-order valence-electron chi connectivity index (χ0n) is 15.2. The van der Waals surface area contributed by atoms with Crippen LogP contribution in [-0.4, -0.2) is 51.9 Å². The predicted molar refractivity (Wildman–Crippen MR) is 95.6 cm³/mol. The summed E-state index contributed by atoms with van der Waals surface area (Å²) in [6.45, 7) is 3.46. The highest BCUT2D eigenvalue weighted by atomic mass is 16.5. The first kappa shape index (κ1) is 17.3. The van der Waals surface area contributed by atoms with Crippen molar-refractivity contribution < 1.29 is 13.9 Å². The second-order valence-corrected chi connectivity index (χ2v) is 7.40. The molecule has 1 unspecified atom stereocenters. The van der Waals surface area contributed by atoms with Gasteiger partial charge in [-0.3, -0.25) is 14.4 Å². The highest BCUT2D eigenvalue weighted by Gasteiger charge is 2.42. The van der Waals surface area contributed by atoms with Crippen LogP contribution in [0.1, 0.15) is 41.9 Å². The van der Waals surface area contributed by atoms with Crippen LogP contribution in [0.25, 0.3) is 0 Å². The molecule has 0 aliphatic carbocycles. The minimum absolute atomic E-state index is 0.0138. The molecule has 1 N–H and O–H groups in total. The number of aromatic nitrogens is 2. The number of piperidine rings is 1. The zero-order chi connectivity index (χ0) is 18.0. The van der Waals surface area contributed by atoms with Crippen LogP contribution >= 0.6 is 0 Å². The van der Waals surface area contributed by atoms with Crippen LogP contribution in [0.3, 0.4) is 0 Å². The third-order valence-corrected chi connectivity index (χ3v) is 5.50. The van der Waals surface area contributed by atoms with Crippen molar-refractivity contribution >= 4 is 5.91 Å². The van der Waals surface area contributed by atoms with Crippen LogP contribution in [0.2, 0.25) is 0 Å². The summed E-state index contributed by atoms with van der Waals surface area (Å²) in [4.78, 5) is 14.5. The maximum atomic E-state index is 12.1. The second-order valence-electron chi connectivity index (χ2n) is 7.40. The number of nitrogens with one attached hydrogen (secondary N) is 1. The number of likely N-dealkylation sites (tertiary alicyclic amines) is 1. The fraction of sp³-hybridized carbons (Fsp3) is 0.579. The number of hydrogen-bond donors (Lipinski definition) is 1. The molecule has 1 atom stereocenters. The molecule has 0 bridgehead atoms. The fourth-order valence-corrected chi connectivity index (χ4v) is 3.98. The summed E-state index contributed by atoms with van der Waals surface area (Å²) in [5.41, 5.74) is 0.437. The summed E-state index contributed by atoms with van der Waals surface area (Å²) in [7, 11) is 1.80. The highest BCUT2D eigenvalue weighted by Crippen LogP contribution is 2.39. The molecular weight excluding hydrogens is 332 g/mol. The lowest BCUT2D eigenvalue weighted by Crippen LogP contribution is -2.44. The quantitative estimate of drug-likeness (QED) is 0.885. The molecule has 2 aliphatic rings. The van der Waals surface area contributed by atoms with Crippen LogP contribution < -0.4 is 5.32 Å². The summed E-state index contributed by atoms with van der Waals surface area (Å²) < 4.78 is 13.4. The molecule has 2 aliphatic heterocycles. The number of hydrogen-bond acceptors (Lipinski definition) is 5. The third kappa shape index (κ3) is 3.83. The van der Waals surface area contributed by atoms with Gasteiger partial charge in [0, 0.05) is 32.9 Å². The second kappa shape index (κ2) is 7.25. The van der Waals surface area contributed by atoms with Gasteiger partial charge in [0.25, 0.3) is 5.91 Å². The lowest BCUT2D eigenvalue weighted by Gasteiger charge is -2.38. The van der Waals surface area contributed by atoms with Crippen molar-refractivity contribution in [3.63, 3.8) is 0 Å². The van der Waals surface area contributed by atoms with Gasteiger partial charge in [-0.15, -0.1) is 0 Å². The van der Waals surface area contributed by atoms with Crippen LogP contribution in [0, 0.1) is 0 Å². The number of nitrogens with zero attached hydrogens (tertiary/aromatic N) is 3. The maximum Gasteiger partial charge on any atom is 0.271 e. The SMILES string of the molecule is Cn1ccc(C(=O)NCC2CCC3(CCN(Cc4ccco4)CC3)O2)n1. The van der Waals surface area contributed by atoms with Crippen LogP contribution in [0.5, 0.6) is 0 Å². The summed E-state index contributed by atoms with van der Waals surface area (Å²) in [6, 6.07) is 5.68. The lowest BCUT2D eigenvalue weighted by atomic mass is 9.88. The average molecular weight is 358 g/mol. The Morgan fingerprint density at radius 1 is 1.35 bits per heavy atom. The topological polar surface area (TPSA) is 72.5 Å². The van der Waals surface area contributed by atoms with Gasteiger partial charge in [-0.25, -0.2) is 0 Å². The molecule has 2 aromatic rings. The van der Waals surface area contributed by atoms with Crippen molar-refractivity contribution in [1.82, 2.24) is 20.0 Å². The van der Waals surface area contributed by atoms with Gasteiger partial charge in [0.05, 0.1) is 24.5 Å². The highest BCUT2D eigenvalue weighted by molar-refractivity contribution is 5.92. The van der Waals surface area contributed by atoms with E-state index in [9.17, 15) is 4.79 Å². The summed E-state index contributed by atoms with van der Waals surface area (Å²) in [5, 5.41) is 7.08. The zero-order valence-corrected chi connectivity index (χ0v) is 15.2. The van der Waals surface area contributed by atoms with Crippen LogP contribution in [0.4, 0.5) is 0 Å². The Morgan fingerprint density at radius 2 is 2.19 bits per heavy atom. The summed E-state index contributed by atoms with van der Waals surface area (Å²) >= 11 is 0. The number of amides is 1. The molecular formula is C19H26N4O3. The molecule has 4 rings (SSSR count). The number of furan rings is 1. The Labute approximate surface area is 153 Å². The van der Waals surface area contributed by atoms with E-state index in [4.69, 9.17) is 9.15 Å². The van der Waals surface area contributed by atoms with Gasteiger partial charge < -0.3 is 14.5 Å². The number of rotatable bonds is 5. The molecule has 1 amide bonds. The predicted octanol–water partition coefficient (Wildman–Crippen LogP) is 1.96. The van der Waals surface area contributed by atoms with Crippen molar-refractivity contribution in [2.45, 2.75) is 43.9 Å². The first-order chi connectivity index (χ1) is 12.6. The van der Waals surface area contributed by atoms with E-state index < -0.39 is 0 Å². The third-order valence-electron chi connectivity index (χ3n) is 5.50. The van der Waals surface area contributed by atoms with Crippen molar-refractivity contribution in [3.8, 4) is 0 Å². The minimum atomic E-state index is -0.136. The van der Waals surface area contributed by atoms with Gasteiger partial charge in [-0.05, 0) is 43.9 Å². The van der Waals surface area contributed by atoms with Crippen molar-refractivity contribution in [2.75, 3.05) is 19.6 Å². The van der Waals surface area contributed by atoms with E-state index in [0.29, 0.717) is 12.2 Å². The fourth-order valence-electron chi connectivity index (χ4n) is 3.98. The van der Waals surface area contributed by atoms with Crippen LogP contribution in [0.15, 0.2) is 35.1 Å². The molecule has 2 fully saturated rings. The average Bonchev–Trinajstić information content (AvgIpc) is 3.37. The molecule has 4 heterocycles. The Morgan fingerprint density at radius 3 is 2.88 bits per heavy atom. The molecule has 2 aromatic heterocycles. The molecule has 2 saturated heterocycles. The summed E-state index contributed by atoms with van der Waals surface area (Å²) in [6.07, 6.45) is 7.75. The summed E-state index contributed by atoms with van der Waals surface area (Å²) in [5.74, 6) is 0.881. The van der Waals surface area contributed by atoms with E-state index in [1.165, 1.54) is 0 Å². The molecule has 1 spiro atoms. The van der Waals surface area contributed by atoms with E-state index in [0.717, 1.165) is 51.1 Å². The van der Waals surface area contributed by atoms with Crippen molar-refractivity contribution in [1.29, 1.82) is 0 Å². The van der Waals surface area contributed by atoms with E-state index in [2.05, 4.69) is 15.3 Å². The Kier molecular flexibility index (Phi) is 4.82. The van der Waals surface area contributed by atoms with E-state index in [1.54, 1.807) is 30.3 Å². The molecule has 0 radical (unpaired) electrons. The van der Waals surface area contributed by atoms with Crippen molar-refractivity contribution in [3.05, 3.63) is 42.1 Å². The smallest absolute Gasteiger partial charge is 0.271 e. The van der Waals surface area contributed by atoms with Crippen LogP contribution in [-0.2, 0) is 18.3 Å². The molecule has 0 saturated carbocycles. The maximum absolute atomic E-state index is 12.1. The number of carbonyl (C=O) groups excluding carboxylic acids is 1. The largest absolute Gasteiger partial charge is 0.468 e. The first-order valence-corrected chi connectivity index (χ1v) is 9.32. The van der Waals surface area contributed by atoms with Gasteiger partial charge in [0.15, 0.2) is 0 Å². The molecule has 7 nitrogen and oxygen atoms in total. The van der Waals surface area contributed by atoms with E-state index in [1.807, 2.05) is 12.1 Å². The Bertz CT molecular complexity index is 732. The number of ether oxygens (including phenoxy) is 1. The number of aryl methyl sites for hydroxylation is 1. The lowest BCUT2D eigenvalue weighted by molar-refractivity contribution is -0.0770. The molecule has 140 valence electrons. The van der Waals surface area contributed by atoms with Gasteiger partial charge in [-0.2, -0.15) is 5.10 Å². The standard InChI is InChI=1S/C19H26N4O3/c1-22-9-5-17(21-22)18(24)20-13-15-4-6-19(26-15)7-10-23(11-8-19)14-16-3-2-12-25-16/h2-3,5,9,12,15H,4,6-8,10-11,13-14H2,1H3,(H,20,24). The molecule has 7 heteroatoms. The van der Waals surface area contributed by atoms with Gasteiger partial charge in [-0.1, -0.05) is 0 Å². The van der Waals surface area contributed by atoms with Crippen molar-refractivity contribution in [2.24, 2.45) is 7.05 Å². The normalized spacial score (nSPS) is 22.7. The van der Waals surface area contributed by atoms with Gasteiger partial charge in [0.2, 0.25) is 0 Å². The monoisotopic (exact) mass is 358 g/mol. The molecule has 26 heavy (non-hydrogen) atoms. The first-order valence-electron chi connectivity index (χ1n) is 9.32. The van der Waals surface area contributed by atoms with E-state index >= 15 is 0 Å². The Balaban J connectivity index is 1.23. The number of carbonyl (C=O) groups is 1.